The Morgan fingerprint density at radius 2 is 1.96 bits per heavy atom. The lowest BCUT2D eigenvalue weighted by Gasteiger charge is -2.25. The van der Waals surface area contributed by atoms with Gasteiger partial charge in [0.05, 0.1) is 5.60 Å². The number of guanidine groups is 1. The molecule has 1 aliphatic carbocycles. The summed E-state index contributed by atoms with van der Waals surface area (Å²) in [6.07, 6.45) is 2.42. The SMILES string of the molecule is CN=C(NCC(C)(C)OC)NCC1(c2ccccc2Br)CC1.I. The zero-order valence-electron chi connectivity index (χ0n) is 14.3. The second kappa shape index (κ2) is 8.67. The van der Waals surface area contributed by atoms with Crippen LogP contribution in [-0.2, 0) is 10.2 Å². The Labute approximate surface area is 165 Å². The predicted molar refractivity (Wildman–Crippen MR) is 111 cm³/mol. The van der Waals surface area contributed by atoms with Gasteiger partial charge in [-0.2, -0.15) is 0 Å². The molecule has 1 fully saturated rings. The van der Waals surface area contributed by atoms with Crippen molar-refractivity contribution < 1.29 is 4.74 Å². The minimum absolute atomic E-state index is 0. The summed E-state index contributed by atoms with van der Waals surface area (Å²) in [5.41, 5.74) is 1.40. The first-order valence-electron chi connectivity index (χ1n) is 7.67. The van der Waals surface area contributed by atoms with Gasteiger partial charge in [0.2, 0.25) is 0 Å². The molecule has 6 heteroatoms. The first-order valence-corrected chi connectivity index (χ1v) is 8.46. The second-order valence-electron chi connectivity index (χ2n) is 6.50. The summed E-state index contributed by atoms with van der Waals surface area (Å²) in [7, 11) is 3.52. The highest BCUT2D eigenvalue weighted by Gasteiger charge is 2.45. The average molecular weight is 496 g/mol. The van der Waals surface area contributed by atoms with Crippen LogP contribution in [0.4, 0.5) is 0 Å². The van der Waals surface area contributed by atoms with Crippen LogP contribution in [0.5, 0.6) is 0 Å². The molecule has 0 amide bonds. The maximum atomic E-state index is 5.42. The lowest BCUT2D eigenvalue weighted by Crippen LogP contribution is -2.47. The van der Waals surface area contributed by atoms with E-state index >= 15 is 0 Å². The van der Waals surface area contributed by atoms with E-state index in [2.05, 4.69) is 69.7 Å². The van der Waals surface area contributed by atoms with Crippen LogP contribution in [0.15, 0.2) is 33.7 Å². The molecule has 4 nitrogen and oxygen atoms in total. The average Bonchev–Trinajstić information content (AvgIpc) is 3.29. The zero-order chi connectivity index (χ0) is 16.2. The van der Waals surface area contributed by atoms with Gasteiger partial charge in [0, 0.05) is 37.1 Å². The molecule has 1 aliphatic rings. The summed E-state index contributed by atoms with van der Waals surface area (Å²) in [5.74, 6) is 0.823. The van der Waals surface area contributed by atoms with E-state index in [1.54, 1.807) is 14.2 Å². The smallest absolute Gasteiger partial charge is 0.191 e. The van der Waals surface area contributed by atoms with Crippen LogP contribution in [0, 0.1) is 0 Å². The van der Waals surface area contributed by atoms with Crippen LogP contribution in [0.2, 0.25) is 0 Å². The van der Waals surface area contributed by atoms with Gasteiger partial charge in [0.25, 0.3) is 0 Å². The number of methoxy groups -OCH3 is 1. The highest BCUT2D eigenvalue weighted by atomic mass is 127. The first kappa shape index (κ1) is 20.7. The number of hydrogen-bond donors (Lipinski definition) is 2. The molecular weight excluding hydrogens is 469 g/mol. The third-order valence-corrected chi connectivity index (χ3v) is 5.04. The first-order chi connectivity index (χ1) is 10.4. The molecule has 23 heavy (non-hydrogen) atoms. The topological polar surface area (TPSA) is 45.7 Å². The van der Waals surface area contributed by atoms with Crippen molar-refractivity contribution in [1.82, 2.24) is 10.6 Å². The van der Waals surface area contributed by atoms with E-state index in [4.69, 9.17) is 4.74 Å². The molecule has 0 radical (unpaired) electrons. The number of aliphatic imine (C=N–C) groups is 1. The van der Waals surface area contributed by atoms with Gasteiger partial charge in [-0.15, -0.1) is 24.0 Å². The largest absolute Gasteiger partial charge is 0.377 e. The second-order valence-corrected chi connectivity index (χ2v) is 7.36. The molecule has 2 N–H and O–H groups in total. The van der Waals surface area contributed by atoms with E-state index in [1.165, 1.54) is 22.9 Å². The lowest BCUT2D eigenvalue weighted by atomic mass is 9.96. The van der Waals surface area contributed by atoms with Crippen molar-refractivity contribution in [2.45, 2.75) is 37.7 Å². The highest BCUT2D eigenvalue weighted by molar-refractivity contribution is 14.0. The van der Waals surface area contributed by atoms with Crippen LogP contribution in [0.3, 0.4) is 0 Å². The molecular formula is C17H27BrIN3O. The molecule has 0 unspecified atom stereocenters. The fraction of sp³-hybridized carbons (Fsp3) is 0.588. The van der Waals surface area contributed by atoms with Crippen molar-refractivity contribution in [2.24, 2.45) is 4.99 Å². The molecule has 0 atom stereocenters. The fourth-order valence-corrected chi connectivity index (χ4v) is 3.13. The molecule has 0 spiro atoms. The van der Waals surface area contributed by atoms with E-state index in [9.17, 15) is 0 Å². The number of benzene rings is 1. The van der Waals surface area contributed by atoms with Crippen LogP contribution in [-0.4, -0.2) is 38.8 Å². The molecule has 0 saturated heterocycles. The fourth-order valence-electron chi connectivity index (χ4n) is 2.43. The summed E-state index contributed by atoms with van der Waals surface area (Å²) in [6.45, 7) is 5.71. The van der Waals surface area contributed by atoms with E-state index in [0.29, 0.717) is 6.54 Å². The molecule has 0 bridgehead atoms. The molecule has 130 valence electrons. The summed E-state index contributed by atoms with van der Waals surface area (Å²) in [4.78, 5) is 4.30. The van der Waals surface area contributed by atoms with Gasteiger partial charge in [-0.05, 0) is 38.3 Å². The van der Waals surface area contributed by atoms with Crippen molar-refractivity contribution in [1.29, 1.82) is 0 Å². The normalized spacial score (nSPS) is 16.5. The number of rotatable bonds is 6. The minimum atomic E-state index is -0.211. The van der Waals surface area contributed by atoms with Crippen molar-refractivity contribution in [3.8, 4) is 0 Å². The van der Waals surface area contributed by atoms with Crippen LogP contribution >= 0.6 is 39.9 Å². The summed E-state index contributed by atoms with van der Waals surface area (Å²) in [6, 6.07) is 8.49. The third kappa shape index (κ3) is 5.60. The number of halogens is 2. The highest BCUT2D eigenvalue weighted by Crippen LogP contribution is 2.49. The lowest BCUT2D eigenvalue weighted by molar-refractivity contribution is 0.0268. The number of nitrogens with zero attached hydrogens (tertiary/aromatic N) is 1. The van der Waals surface area contributed by atoms with E-state index < -0.39 is 0 Å². The summed E-state index contributed by atoms with van der Waals surface area (Å²) < 4.78 is 6.62. The molecule has 0 aromatic heterocycles. The van der Waals surface area contributed by atoms with Gasteiger partial charge < -0.3 is 15.4 Å². The number of hydrogen-bond acceptors (Lipinski definition) is 2. The minimum Gasteiger partial charge on any atom is -0.377 e. The van der Waals surface area contributed by atoms with Crippen molar-refractivity contribution >= 4 is 45.9 Å². The summed E-state index contributed by atoms with van der Waals surface area (Å²) in [5, 5.41) is 6.79. The molecule has 1 aromatic rings. The van der Waals surface area contributed by atoms with Crippen LogP contribution in [0.25, 0.3) is 0 Å². The number of nitrogens with one attached hydrogen (secondary N) is 2. The van der Waals surface area contributed by atoms with E-state index in [0.717, 1.165) is 12.5 Å². The Morgan fingerprint density at radius 1 is 1.30 bits per heavy atom. The molecule has 1 aromatic carbocycles. The molecule has 2 rings (SSSR count). The van der Waals surface area contributed by atoms with Crippen molar-refractivity contribution in [2.75, 3.05) is 27.2 Å². The van der Waals surface area contributed by atoms with Crippen LogP contribution < -0.4 is 10.6 Å². The van der Waals surface area contributed by atoms with E-state index in [1.807, 2.05) is 0 Å². The molecule has 1 saturated carbocycles. The standard InChI is InChI=1S/C17H26BrN3O.HI/c1-16(2,22-4)11-20-15(19-3)21-12-17(9-10-17)13-7-5-6-8-14(13)18;/h5-8H,9-12H2,1-4H3,(H2,19,20,21);1H. The van der Waals surface area contributed by atoms with Gasteiger partial charge in [0.1, 0.15) is 0 Å². The van der Waals surface area contributed by atoms with Gasteiger partial charge in [-0.1, -0.05) is 34.1 Å². The van der Waals surface area contributed by atoms with Crippen molar-refractivity contribution in [3.05, 3.63) is 34.3 Å². The Hall–Kier alpha value is -0.340. The van der Waals surface area contributed by atoms with Crippen molar-refractivity contribution in [3.63, 3.8) is 0 Å². The zero-order valence-corrected chi connectivity index (χ0v) is 18.2. The van der Waals surface area contributed by atoms with Gasteiger partial charge in [0.15, 0.2) is 5.96 Å². The van der Waals surface area contributed by atoms with Crippen LogP contribution in [0.1, 0.15) is 32.3 Å². The Balaban J connectivity index is 0.00000264. The number of ether oxygens (including phenoxy) is 1. The van der Waals surface area contributed by atoms with Gasteiger partial charge in [-0.3, -0.25) is 4.99 Å². The quantitative estimate of drug-likeness (QED) is 0.359. The molecule has 0 heterocycles. The Bertz CT molecular complexity index is 544. The predicted octanol–water partition coefficient (Wildman–Crippen LogP) is 3.69. The third-order valence-electron chi connectivity index (χ3n) is 4.35. The van der Waals surface area contributed by atoms with Gasteiger partial charge >= 0.3 is 0 Å². The van der Waals surface area contributed by atoms with E-state index in [-0.39, 0.29) is 35.0 Å². The Kier molecular flexibility index (Phi) is 7.80. The maximum Gasteiger partial charge on any atom is 0.191 e. The van der Waals surface area contributed by atoms with Gasteiger partial charge in [-0.25, -0.2) is 0 Å². The monoisotopic (exact) mass is 495 g/mol. The maximum absolute atomic E-state index is 5.42. The molecule has 0 aliphatic heterocycles. The summed E-state index contributed by atoms with van der Waals surface area (Å²) >= 11 is 3.67. The Morgan fingerprint density at radius 3 is 2.48 bits per heavy atom.